The zero-order valence-electron chi connectivity index (χ0n) is 17.0. The largest absolute Gasteiger partial charge is 0.445 e. The van der Waals surface area contributed by atoms with E-state index in [1.165, 1.54) is 4.90 Å². The summed E-state index contributed by atoms with van der Waals surface area (Å²) in [5, 5.41) is 13.6. The zero-order valence-corrected chi connectivity index (χ0v) is 17.0. The minimum Gasteiger partial charge on any atom is -0.445 e. The van der Waals surface area contributed by atoms with Crippen LogP contribution in [0.5, 0.6) is 0 Å². The average molecular weight is 428 g/mol. The van der Waals surface area contributed by atoms with Gasteiger partial charge in [0.2, 0.25) is 0 Å². The lowest BCUT2D eigenvalue weighted by Gasteiger charge is -2.39. The Balaban J connectivity index is 1.76. The number of carbonyl (C=O) groups excluding carboxylic acids is 1. The van der Waals surface area contributed by atoms with E-state index in [0.29, 0.717) is 12.8 Å². The molecule has 0 aliphatic carbocycles. The van der Waals surface area contributed by atoms with Crippen LogP contribution in [0.4, 0.5) is 9.18 Å². The fourth-order valence-corrected chi connectivity index (χ4v) is 3.56. The summed E-state index contributed by atoms with van der Waals surface area (Å²) in [6, 6.07) is 16.7. The summed E-state index contributed by atoms with van der Waals surface area (Å²) < 4.78 is 25.2. The summed E-state index contributed by atoms with van der Waals surface area (Å²) >= 11 is 0. The van der Waals surface area contributed by atoms with Crippen molar-refractivity contribution in [3.8, 4) is 0 Å². The van der Waals surface area contributed by atoms with Crippen molar-refractivity contribution in [3.05, 3.63) is 82.2 Å². The van der Waals surface area contributed by atoms with Crippen molar-refractivity contribution >= 4 is 6.09 Å². The van der Waals surface area contributed by atoms with Gasteiger partial charge in [-0.25, -0.2) is 9.18 Å². The van der Waals surface area contributed by atoms with Gasteiger partial charge in [0.25, 0.3) is 0 Å². The van der Waals surface area contributed by atoms with E-state index < -0.39 is 37.2 Å². The van der Waals surface area contributed by atoms with E-state index >= 15 is 0 Å². The molecule has 31 heavy (non-hydrogen) atoms. The lowest BCUT2D eigenvalue weighted by molar-refractivity contribution is -0.189. The molecule has 1 amide bonds. The molecule has 4 atom stereocenters. The Bertz CT molecular complexity index is 880. The summed E-state index contributed by atoms with van der Waals surface area (Å²) in [7, 11) is 0. The second kappa shape index (κ2) is 11.3. The van der Waals surface area contributed by atoms with Gasteiger partial charge in [0, 0.05) is 11.5 Å². The van der Waals surface area contributed by atoms with Gasteiger partial charge in [-0.15, -0.1) is 0 Å². The third kappa shape index (κ3) is 6.18. The molecular formula is C22H25FN4O4. The van der Waals surface area contributed by atoms with Crippen molar-refractivity contribution in [2.24, 2.45) is 5.11 Å². The average Bonchev–Trinajstić information content (AvgIpc) is 2.80. The number of azide groups is 1. The van der Waals surface area contributed by atoms with E-state index in [1.54, 1.807) is 0 Å². The van der Waals surface area contributed by atoms with Crippen LogP contribution in [0, 0.1) is 0 Å². The van der Waals surface area contributed by atoms with Gasteiger partial charge in [-0.05, 0) is 29.5 Å². The minimum absolute atomic E-state index is 0.0527. The molecule has 0 bridgehead atoms. The van der Waals surface area contributed by atoms with Gasteiger partial charge in [-0.1, -0.05) is 65.8 Å². The first kappa shape index (κ1) is 22.6. The number of nitrogens with zero attached hydrogens (tertiary/aromatic N) is 4. The number of halogens is 1. The molecule has 1 fully saturated rings. The third-order valence-electron chi connectivity index (χ3n) is 5.21. The number of alkyl halides is 1. The van der Waals surface area contributed by atoms with Crippen LogP contribution in [-0.4, -0.2) is 47.3 Å². The Kier molecular flexibility index (Phi) is 8.23. The predicted octanol–water partition coefficient (Wildman–Crippen LogP) is 4.34. The molecule has 1 unspecified atom stereocenters. The maximum atomic E-state index is 14.2. The summed E-state index contributed by atoms with van der Waals surface area (Å²) in [6.45, 7) is -0.702. The molecular weight excluding hydrogens is 403 g/mol. The monoisotopic (exact) mass is 428 g/mol. The van der Waals surface area contributed by atoms with E-state index in [-0.39, 0.29) is 13.2 Å². The van der Waals surface area contributed by atoms with Crippen molar-refractivity contribution in [1.82, 2.24) is 4.90 Å². The van der Waals surface area contributed by atoms with Crippen LogP contribution in [0.3, 0.4) is 0 Å². The Morgan fingerprint density at radius 3 is 2.42 bits per heavy atom. The van der Waals surface area contributed by atoms with Gasteiger partial charge < -0.3 is 14.6 Å². The smallest absolute Gasteiger partial charge is 0.410 e. The van der Waals surface area contributed by atoms with Crippen LogP contribution in [0.2, 0.25) is 0 Å². The normalized spacial score (nSPS) is 21.5. The summed E-state index contributed by atoms with van der Waals surface area (Å²) in [6.07, 6.45) is -2.15. The highest BCUT2D eigenvalue weighted by Gasteiger charge is 2.38. The molecule has 9 heteroatoms. The fraction of sp³-hybridized carbons (Fsp3) is 0.409. The first-order chi connectivity index (χ1) is 15.1. The molecule has 1 heterocycles. The van der Waals surface area contributed by atoms with E-state index in [4.69, 9.17) is 15.0 Å². The Labute approximate surface area is 179 Å². The maximum absolute atomic E-state index is 14.2. The summed E-state index contributed by atoms with van der Waals surface area (Å²) in [5.41, 5.74) is 10.2. The van der Waals surface area contributed by atoms with Crippen LogP contribution in [0.15, 0.2) is 65.8 Å². The number of hydrogen-bond donors (Lipinski definition) is 1. The molecule has 0 saturated carbocycles. The topological polar surface area (TPSA) is 108 Å². The molecule has 2 aromatic carbocycles. The highest BCUT2D eigenvalue weighted by Crippen LogP contribution is 2.27. The molecule has 0 aromatic heterocycles. The molecule has 2 aromatic rings. The van der Waals surface area contributed by atoms with E-state index in [1.807, 2.05) is 60.7 Å². The quantitative estimate of drug-likeness (QED) is 0.383. The van der Waals surface area contributed by atoms with Crippen molar-refractivity contribution in [2.45, 2.75) is 50.5 Å². The van der Waals surface area contributed by atoms with Crippen LogP contribution in [0.25, 0.3) is 10.4 Å². The van der Waals surface area contributed by atoms with E-state index in [0.717, 1.165) is 11.1 Å². The predicted molar refractivity (Wildman–Crippen MR) is 111 cm³/mol. The molecule has 0 radical (unpaired) electrons. The Hall–Kier alpha value is -3.13. The zero-order chi connectivity index (χ0) is 22.1. The number of ether oxygens (including phenoxy) is 2. The Morgan fingerprint density at radius 1 is 1.19 bits per heavy atom. The molecule has 1 saturated heterocycles. The number of rotatable bonds is 8. The van der Waals surface area contributed by atoms with Gasteiger partial charge in [0.05, 0.1) is 18.2 Å². The molecule has 164 valence electrons. The van der Waals surface area contributed by atoms with Gasteiger partial charge in [0.1, 0.15) is 13.3 Å². The van der Waals surface area contributed by atoms with Gasteiger partial charge >= 0.3 is 6.09 Å². The van der Waals surface area contributed by atoms with Crippen LogP contribution in [0.1, 0.15) is 24.0 Å². The summed E-state index contributed by atoms with van der Waals surface area (Å²) in [5.74, 6) is 0. The maximum Gasteiger partial charge on any atom is 0.410 e. The van der Waals surface area contributed by atoms with Crippen molar-refractivity contribution < 1.29 is 23.8 Å². The molecule has 3 rings (SSSR count). The summed E-state index contributed by atoms with van der Waals surface area (Å²) in [4.78, 5) is 17.0. The number of hydrogen-bond acceptors (Lipinski definition) is 5. The van der Waals surface area contributed by atoms with Crippen LogP contribution < -0.4 is 0 Å². The van der Waals surface area contributed by atoms with Gasteiger partial charge in [-0.2, -0.15) is 0 Å². The highest BCUT2D eigenvalue weighted by molar-refractivity contribution is 5.68. The minimum atomic E-state index is -1.36. The number of aliphatic hydroxyl groups is 1. The SMILES string of the molecule is [N-]=[N+]=N[C@H]1CC[C@@H]([C@@H](CF)N(Cc2ccccc2)C(=O)OCc2ccccc2)OC1O. The van der Waals surface area contributed by atoms with Gasteiger partial charge in [0.15, 0.2) is 6.29 Å². The van der Waals surface area contributed by atoms with E-state index in [9.17, 15) is 14.3 Å². The standard InChI is InChI=1S/C22H25FN4O4/c23-13-19(20-12-11-18(25-26-24)21(28)31-20)27(14-16-7-3-1-4-8-16)22(29)30-15-17-9-5-2-6-10-17/h1-10,18-21,28H,11-15H2/t18-,19+,20-,21?/m0/s1. The molecule has 1 aliphatic rings. The molecule has 0 spiro atoms. The fourth-order valence-electron chi connectivity index (χ4n) is 3.56. The lowest BCUT2D eigenvalue weighted by atomic mass is 9.98. The van der Waals surface area contributed by atoms with Crippen LogP contribution in [-0.2, 0) is 22.6 Å². The number of aliphatic hydroxyl groups excluding tert-OH is 1. The van der Waals surface area contributed by atoms with Crippen molar-refractivity contribution in [3.63, 3.8) is 0 Å². The molecule has 1 N–H and O–H groups in total. The van der Waals surface area contributed by atoms with E-state index in [2.05, 4.69) is 10.0 Å². The molecule has 8 nitrogen and oxygen atoms in total. The second-order valence-corrected chi connectivity index (χ2v) is 7.29. The van der Waals surface area contributed by atoms with Gasteiger partial charge in [-0.3, -0.25) is 4.90 Å². The Morgan fingerprint density at radius 2 is 1.84 bits per heavy atom. The number of carbonyl (C=O) groups is 1. The first-order valence-electron chi connectivity index (χ1n) is 10.1. The first-order valence-corrected chi connectivity index (χ1v) is 10.1. The van der Waals surface area contributed by atoms with Crippen molar-refractivity contribution in [2.75, 3.05) is 6.67 Å². The third-order valence-corrected chi connectivity index (χ3v) is 5.21. The van der Waals surface area contributed by atoms with Crippen molar-refractivity contribution in [1.29, 1.82) is 0 Å². The lowest BCUT2D eigenvalue weighted by Crippen LogP contribution is -2.53. The molecule has 1 aliphatic heterocycles. The highest BCUT2D eigenvalue weighted by atomic mass is 19.1. The number of benzene rings is 2. The second-order valence-electron chi connectivity index (χ2n) is 7.29. The van der Waals surface area contributed by atoms with Crippen LogP contribution >= 0.6 is 0 Å². The number of amides is 1.